The Balaban J connectivity index is 1.83. The molecule has 1 saturated carbocycles. The first-order valence-corrected chi connectivity index (χ1v) is 6.14. The van der Waals surface area contributed by atoms with Crippen molar-refractivity contribution < 1.29 is 9.53 Å². The number of methoxy groups -OCH3 is 1. The van der Waals surface area contributed by atoms with E-state index in [4.69, 9.17) is 4.74 Å². The molecule has 0 spiro atoms. The maximum Gasteiger partial charge on any atom is 0.227 e. The Morgan fingerprint density at radius 2 is 2.19 bits per heavy atom. The molecule has 0 aromatic carbocycles. The van der Waals surface area contributed by atoms with Gasteiger partial charge >= 0.3 is 0 Å². The van der Waals surface area contributed by atoms with Crippen molar-refractivity contribution in [2.75, 3.05) is 26.7 Å². The Morgan fingerprint density at radius 1 is 1.44 bits per heavy atom. The Morgan fingerprint density at radius 3 is 2.62 bits per heavy atom. The highest BCUT2D eigenvalue weighted by Gasteiger charge is 2.40. The zero-order chi connectivity index (χ0) is 11.6. The van der Waals surface area contributed by atoms with E-state index in [-0.39, 0.29) is 16.9 Å². The van der Waals surface area contributed by atoms with Gasteiger partial charge in [-0.1, -0.05) is 0 Å². The van der Waals surface area contributed by atoms with Gasteiger partial charge in [-0.3, -0.25) is 4.79 Å². The fraction of sp³-hybridized carbons (Fsp3) is 0.917. The van der Waals surface area contributed by atoms with Crippen molar-refractivity contribution in [3.8, 4) is 0 Å². The van der Waals surface area contributed by atoms with Crippen LogP contribution in [0.4, 0.5) is 0 Å². The maximum absolute atomic E-state index is 12.1. The largest absolute Gasteiger partial charge is 0.376 e. The summed E-state index contributed by atoms with van der Waals surface area (Å²) in [6.07, 6.45) is 4.28. The van der Waals surface area contributed by atoms with Crippen molar-refractivity contribution in [1.82, 2.24) is 10.6 Å². The first-order valence-electron chi connectivity index (χ1n) is 6.14. The van der Waals surface area contributed by atoms with Crippen molar-refractivity contribution >= 4 is 5.91 Å². The average Bonchev–Trinajstić information content (AvgIpc) is 2.65. The second-order valence-electron chi connectivity index (χ2n) is 5.41. The molecule has 1 unspecified atom stereocenters. The second kappa shape index (κ2) is 4.34. The summed E-state index contributed by atoms with van der Waals surface area (Å²) in [5, 5.41) is 6.30. The molecule has 1 aliphatic carbocycles. The minimum absolute atomic E-state index is 0.0714. The molecule has 1 atom stereocenters. The third-order valence-electron chi connectivity index (χ3n) is 4.19. The number of nitrogens with one attached hydrogen (secondary N) is 2. The minimum atomic E-state index is -0.224. The lowest BCUT2D eigenvalue weighted by molar-refractivity contribution is -0.132. The van der Waals surface area contributed by atoms with Crippen LogP contribution in [0, 0.1) is 5.41 Å². The third kappa shape index (κ3) is 2.09. The van der Waals surface area contributed by atoms with E-state index < -0.39 is 0 Å². The predicted molar refractivity (Wildman–Crippen MR) is 62.2 cm³/mol. The molecule has 2 fully saturated rings. The number of carbonyl (C=O) groups excluding carboxylic acids is 1. The van der Waals surface area contributed by atoms with Crippen LogP contribution >= 0.6 is 0 Å². The summed E-state index contributed by atoms with van der Waals surface area (Å²) in [4.78, 5) is 12.1. The fourth-order valence-electron chi connectivity index (χ4n) is 2.49. The smallest absolute Gasteiger partial charge is 0.227 e. The zero-order valence-corrected chi connectivity index (χ0v) is 10.3. The molecule has 4 nitrogen and oxygen atoms in total. The van der Waals surface area contributed by atoms with Gasteiger partial charge in [-0.2, -0.15) is 0 Å². The van der Waals surface area contributed by atoms with E-state index in [0.717, 1.165) is 32.4 Å². The Bertz CT molecular complexity index is 263. The lowest BCUT2D eigenvalue weighted by Gasteiger charge is -2.41. The Hall–Kier alpha value is -0.610. The van der Waals surface area contributed by atoms with Crippen LogP contribution in [0.3, 0.4) is 0 Å². The summed E-state index contributed by atoms with van der Waals surface area (Å²) in [5.41, 5.74) is -0.295. The lowest BCUT2D eigenvalue weighted by atomic mass is 9.79. The molecular weight excluding hydrogens is 204 g/mol. The van der Waals surface area contributed by atoms with Crippen molar-refractivity contribution in [3.05, 3.63) is 0 Å². The number of rotatable bonds is 4. The quantitative estimate of drug-likeness (QED) is 0.741. The molecular formula is C12H22N2O2. The number of amides is 1. The number of ether oxygens (including phenoxy) is 1. The van der Waals surface area contributed by atoms with Gasteiger partial charge in [0.25, 0.3) is 0 Å². The van der Waals surface area contributed by atoms with Crippen molar-refractivity contribution in [3.63, 3.8) is 0 Å². The van der Waals surface area contributed by atoms with Crippen LogP contribution in [0.15, 0.2) is 0 Å². The molecule has 1 heterocycles. The van der Waals surface area contributed by atoms with Crippen LogP contribution in [0.25, 0.3) is 0 Å². The van der Waals surface area contributed by atoms with E-state index in [1.807, 2.05) is 6.92 Å². The van der Waals surface area contributed by atoms with Gasteiger partial charge in [0.05, 0.1) is 11.0 Å². The highest BCUT2D eigenvalue weighted by molar-refractivity contribution is 5.82. The van der Waals surface area contributed by atoms with Crippen molar-refractivity contribution in [2.24, 2.45) is 5.41 Å². The normalized spacial score (nSPS) is 32.1. The summed E-state index contributed by atoms with van der Waals surface area (Å²) in [6.45, 7) is 4.43. The Labute approximate surface area is 97.1 Å². The summed E-state index contributed by atoms with van der Waals surface area (Å²) in [5.74, 6) is 0.167. The number of hydrogen-bond donors (Lipinski definition) is 2. The molecule has 0 aromatic rings. The average molecular weight is 226 g/mol. The Kier molecular flexibility index (Phi) is 3.22. The molecule has 4 heteroatoms. The summed E-state index contributed by atoms with van der Waals surface area (Å²) in [7, 11) is 1.74. The topological polar surface area (TPSA) is 50.4 Å². The van der Waals surface area contributed by atoms with Gasteiger partial charge in [0, 0.05) is 20.2 Å². The molecule has 1 amide bonds. The molecule has 1 saturated heterocycles. The minimum Gasteiger partial charge on any atom is -0.376 e. The van der Waals surface area contributed by atoms with Crippen molar-refractivity contribution in [1.29, 1.82) is 0 Å². The molecule has 92 valence electrons. The SMILES string of the molecule is COC1(CNC(=O)C2(C)CCNC2)CCC1. The van der Waals surface area contributed by atoms with Crippen molar-refractivity contribution in [2.45, 2.75) is 38.2 Å². The van der Waals surface area contributed by atoms with Gasteiger partial charge in [-0.25, -0.2) is 0 Å². The van der Waals surface area contributed by atoms with Crippen LogP contribution in [0.5, 0.6) is 0 Å². The lowest BCUT2D eigenvalue weighted by Crippen LogP contribution is -2.52. The summed E-state index contributed by atoms with van der Waals surface area (Å²) in [6, 6.07) is 0. The molecule has 2 N–H and O–H groups in total. The second-order valence-corrected chi connectivity index (χ2v) is 5.41. The van der Waals surface area contributed by atoms with Crippen LogP contribution in [-0.2, 0) is 9.53 Å². The van der Waals surface area contributed by atoms with Gasteiger partial charge < -0.3 is 15.4 Å². The first kappa shape index (κ1) is 11.9. The summed E-state index contributed by atoms with van der Waals surface area (Å²) >= 11 is 0. The molecule has 2 aliphatic rings. The molecule has 2 rings (SSSR count). The van der Waals surface area contributed by atoms with Gasteiger partial charge in [0.1, 0.15) is 0 Å². The standard InChI is InChI=1S/C12H22N2O2/c1-11(6-7-13-8-11)10(15)14-9-12(16-2)4-3-5-12/h13H,3-9H2,1-2H3,(H,14,15). The van der Waals surface area contributed by atoms with E-state index in [2.05, 4.69) is 10.6 Å². The number of carbonyl (C=O) groups is 1. The predicted octanol–water partition coefficient (Wildman–Crippen LogP) is 0.671. The van der Waals surface area contributed by atoms with Gasteiger partial charge in [0.15, 0.2) is 0 Å². The van der Waals surface area contributed by atoms with Crippen LogP contribution < -0.4 is 10.6 Å². The van der Waals surface area contributed by atoms with Gasteiger partial charge in [0.2, 0.25) is 5.91 Å². The first-order chi connectivity index (χ1) is 7.60. The van der Waals surface area contributed by atoms with Crippen LogP contribution in [0.1, 0.15) is 32.6 Å². The molecule has 1 aliphatic heterocycles. The fourth-order valence-corrected chi connectivity index (χ4v) is 2.49. The van der Waals surface area contributed by atoms with E-state index in [9.17, 15) is 4.79 Å². The van der Waals surface area contributed by atoms with Gasteiger partial charge in [-0.15, -0.1) is 0 Å². The highest BCUT2D eigenvalue weighted by Crippen LogP contribution is 2.34. The molecule has 0 radical (unpaired) electrons. The van der Waals surface area contributed by atoms with Crippen LogP contribution in [0.2, 0.25) is 0 Å². The monoisotopic (exact) mass is 226 g/mol. The highest BCUT2D eigenvalue weighted by atomic mass is 16.5. The molecule has 0 aromatic heterocycles. The molecule has 16 heavy (non-hydrogen) atoms. The van der Waals surface area contributed by atoms with E-state index in [1.165, 1.54) is 6.42 Å². The van der Waals surface area contributed by atoms with Gasteiger partial charge in [-0.05, 0) is 39.2 Å². The summed E-state index contributed by atoms with van der Waals surface area (Å²) < 4.78 is 5.49. The molecule has 0 bridgehead atoms. The number of hydrogen-bond acceptors (Lipinski definition) is 3. The third-order valence-corrected chi connectivity index (χ3v) is 4.19. The zero-order valence-electron chi connectivity index (χ0n) is 10.3. The van der Waals surface area contributed by atoms with Crippen LogP contribution in [-0.4, -0.2) is 38.3 Å². The van der Waals surface area contributed by atoms with E-state index in [1.54, 1.807) is 7.11 Å². The maximum atomic E-state index is 12.1. The van der Waals surface area contributed by atoms with E-state index >= 15 is 0 Å². The van der Waals surface area contributed by atoms with E-state index in [0.29, 0.717) is 6.54 Å².